The normalized spacial score (nSPS) is 10.1. The van der Waals surface area contributed by atoms with Crippen molar-refractivity contribution in [1.29, 1.82) is 0 Å². The third kappa shape index (κ3) is 3.80. The molecule has 0 atom stereocenters. The zero-order valence-electron chi connectivity index (χ0n) is 10.0. The van der Waals surface area contributed by atoms with Crippen molar-refractivity contribution in [3.05, 3.63) is 39.7 Å². The van der Waals surface area contributed by atoms with Gasteiger partial charge in [-0.3, -0.25) is 10.1 Å². The minimum Gasteiger partial charge on any atom is -0.462 e. The van der Waals surface area contributed by atoms with Crippen molar-refractivity contribution in [2.45, 2.75) is 26.2 Å². The van der Waals surface area contributed by atoms with Crippen LogP contribution in [0.2, 0.25) is 0 Å². The van der Waals surface area contributed by atoms with E-state index in [2.05, 4.69) is 0 Å². The topological polar surface area (TPSA) is 69.4 Å². The standard InChI is InChI=1S/C12H14FNO4/c1-2-3-4-7-18-12(15)10-8-9(14(16)17)5-6-11(10)13/h5-6,8H,2-4,7H2,1H3. The Balaban J connectivity index is 2.72. The third-order valence-electron chi connectivity index (χ3n) is 2.36. The maximum absolute atomic E-state index is 13.3. The van der Waals surface area contributed by atoms with E-state index in [-0.39, 0.29) is 12.3 Å². The maximum atomic E-state index is 13.3. The zero-order valence-corrected chi connectivity index (χ0v) is 10.0. The van der Waals surface area contributed by atoms with Gasteiger partial charge >= 0.3 is 5.97 Å². The Morgan fingerprint density at radius 3 is 2.78 bits per heavy atom. The second kappa shape index (κ2) is 6.68. The molecule has 1 aromatic rings. The van der Waals surface area contributed by atoms with Crippen molar-refractivity contribution >= 4 is 11.7 Å². The van der Waals surface area contributed by atoms with E-state index in [1.807, 2.05) is 6.92 Å². The fourth-order valence-corrected chi connectivity index (χ4v) is 1.38. The lowest BCUT2D eigenvalue weighted by Crippen LogP contribution is -2.09. The number of nitro benzene ring substituents is 1. The summed E-state index contributed by atoms with van der Waals surface area (Å²) in [6.45, 7) is 2.19. The second-order valence-corrected chi connectivity index (χ2v) is 3.76. The largest absolute Gasteiger partial charge is 0.462 e. The minimum atomic E-state index is -0.868. The summed E-state index contributed by atoms with van der Waals surface area (Å²) < 4.78 is 18.2. The monoisotopic (exact) mass is 255 g/mol. The Morgan fingerprint density at radius 2 is 2.17 bits per heavy atom. The molecule has 5 nitrogen and oxygen atoms in total. The molecule has 0 aliphatic carbocycles. The number of hydrogen-bond acceptors (Lipinski definition) is 4. The molecule has 1 aromatic carbocycles. The number of non-ortho nitro benzene ring substituents is 1. The van der Waals surface area contributed by atoms with E-state index in [1.165, 1.54) is 0 Å². The van der Waals surface area contributed by atoms with Gasteiger partial charge in [0, 0.05) is 12.1 Å². The Bertz CT molecular complexity index is 448. The number of benzene rings is 1. The van der Waals surface area contributed by atoms with Crippen molar-refractivity contribution in [2.75, 3.05) is 6.61 Å². The highest BCUT2D eigenvalue weighted by atomic mass is 19.1. The summed E-state index contributed by atoms with van der Waals surface area (Å²) in [6, 6.07) is 2.78. The van der Waals surface area contributed by atoms with E-state index in [0.29, 0.717) is 6.42 Å². The van der Waals surface area contributed by atoms with Gasteiger partial charge in [-0.15, -0.1) is 0 Å². The first-order valence-electron chi connectivity index (χ1n) is 5.67. The van der Waals surface area contributed by atoms with Gasteiger partial charge in [0.05, 0.1) is 11.5 Å². The second-order valence-electron chi connectivity index (χ2n) is 3.76. The lowest BCUT2D eigenvalue weighted by atomic mass is 10.2. The molecule has 1 rings (SSSR count). The minimum absolute atomic E-state index is 0.189. The summed E-state index contributed by atoms with van der Waals surface area (Å²) >= 11 is 0. The number of carbonyl (C=O) groups excluding carboxylic acids is 1. The van der Waals surface area contributed by atoms with E-state index in [1.54, 1.807) is 0 Å². The van der Waals surface area contributed by atoms with E-state index < -0.39 is 22.3 Å². The highest BCUT2D eigenvalue weighted by Crippen LogP contribution is 2.17. The van der Waals surface area contributed by atoms with Gasteiger partial charge in [-0.1, -0.05) is 19.8 Å². The fraction of sp³-hybridized carbons (Fsp3) is 0.417. The Kier molecular flexibility index (Phi) is 5.23. The van der Waals surface area contributed by atoms with Gasteiger partial charge in [0.25, 0.3) is 5.69 Å². The van der Waals surface area contributed by atoms with E-state index >= 15 is 0 Å². The molecule has 0 aliphatic heterocycles. The number of unbranched alkanes of at least 4 members (excludes halogenated alkanes) is 2. The van der Waals surface area contributed by atoms with E-state index in [0.717, 1.165) is 31.0 Å². The van der Waals surface area contributed by atoms with Crippen molar-refractivity contribution in [3.8, 4) is 0 Å². The predicted octanol–water partition coefficient (Wildman–Crippen LogP) is 3.08. The molecular formula is C12H14FNO4. The zero-order chi connectivity index (χ0) is 13.5. The number of rotatable bonds is 6. The van der Waals surface area contributed by atoms with Crippen LogP contribution in [0.15, 0.2) is 18.2 Å². The molecule has 6 heteroatoms. The summed E-state index contributed by atoms with van der Waals surface area (Å²) in [5, 5.41) is 10.5. The number of hydrogen-bond donors (Lipinski definition) is 0. The number of esters is 1. The van der Waals surface area contributed by atoms with E-state index in [9.17, 15) is 19.3 Å². The van der Waals surface area contributed by atoms with Gasteiger partial charge in [-0.05, 0) is 12.5 Å². The molecule has 0 saturated carbocycles. The van der Waals surface area contributed by atoms with Crippen LogP contribution in [0, 0.1) is 15.9 Å². The van der Waals surface area contributed by atoms with Crippen LogP contribution in [0.1, 0.15) is 36.5 Å². The summed E-state index contributed by atoms with van der Waals surface area (Å²) in [5.41, 5.74) is -0.738. The third-order valence-corrected chi connectivity index (χ3v) is 2.36. The van der Waals surface area contributed by atoms with Crippen LogP contribution < -0.4 is 0 Å². The van der Waals surface area contributed by atoms with Gasteiger partial charge in [0.15, 0.2) is 0 Å². The molecule has 0 saturated heterocycles. The molecule has 0 fully saturated rings. The molecule has 98 valence electrons. The van der Waals surface area contributed by atoms with Gasteiger partial charge in [0.1, 0.15) is 11.4 Å². The van der Waals surface area contributed by atoms with Crippen LogP contribution >= 0.6 is 0 Å². The molecule has 18 heavy (non-hydrogen) atoms. The molecule has 0 aliphatic rings. The molecule has 0 heterocycles. The quantitative estimate of drug-likeness (QED) is 0.339. The van der Waals surface area contributed by atoms with Crippen LogP contribution in [0.25, 0.3) is 0 Å². The van der Waals surface area contributed by atoms with Crippen LogP contribution in [0.3, 0.4) is 0 Å². The summed E-state index contributed by atoms with van der Waals surface area (Å²) in [4.78, 5) is 21.3. The van der Waals surface area contributed by atoms with Gasteiger partial charge in [0.2, 0.25) is 0 Å². The molecule has 0 aromatic heterocycles. The van der Waals surface area contributed by atoms with Crippen molar-refractivity contribution in [2.24, 2.45) is 0 Å². The van der Waals surface area contributed by atoms with Gasteiger partial charge in [-0.2, -0.15) is 0 Å². The number of halogens is 1. The Labute approximate surface area is 104 Å². The fourth-order valence-electron chi connectivity index (χ4n) is 1.38. The van der Waals surface area contributed by atoms with Gasteiger partial charge < -0.3 is 4.74 Å². The number of nitro groups is 1. The SMILES string of the molecule is CCCCCOC(=O)c1cc([N+](=O)[O-])ccc1F. The first-order valence-corrected chi connectivity index (χ1v) is 5.67. The lowest BCUT2D eigenvalue weighted by Gasteiger charge is -2.05. The summed E-state index contributed by atoms with van der Waals surface area (Å²) in [5.74, 6) is -1.69. The van der Waals surface area contributed by atoms with Crippen molar-refractivity contribution < 1.29 is 18.8 Å². The number of ether oxygens (including phenoxy) is 1. The molecule has 0 unspecified atom stereocenters. The van der Waals surface area contributed by atoms with Crippen LogP contribution in [0.4, 0.5) is 10.1 Å². The summed E-state index contributed by atoms with van der Waals surface area (Å²) in [6.07, 6.45) is 2.58. The van der Waals surface area contributed by atoms with E-state index in [4.69, 9.17) is 4.74 Å². The van der Waals surface area contributed by atoms with Crippen LogP contribution in [-0.2, 0) is 4.74 Å². The Hall–Kier alpha value is -1.98. The molecule has 0 radical (unpaired) electrons. The van der Waals surface area contributed by atoms with Gasteiger partial charge in [-0.25, -0.2) is 9.18 Å². The first-order chi connectivity index (χ1) is 8.56. The molecule has 0 spiro atoms. The average molecular weight is 255 g/mol. The molecule has 0 bridgehead atoms. The molecule has 0 N–H and O–H groups in total. The van der Waals surface area contributed by atoms with Crippen molar-refractivity contribution in [1.82, 2.24) is 0 Å². The molecular weight excluding hydrogens is 241 g/mol. The number of nitrogens with zero attached hydrogens (tertiary/aromatic N) is 1. The van der Waals surface area contributed by atoms with Crippen LogP contribution in [-0.4, -0.2) is 17.5 Å². The number of carbonyl (C=O) groups is 1. The van der Waals surface area contributed by atoms with Crippen molar-refractivity contribution in [3.63, 3.8) is 0 Å². The summed E-state index contributed by atoms with van der Waals surface area (Å²) in [7, 11) is 0. The smallest absolute Gasteiger partial charge is 0.341 e. The highest BCUT2D eigenvalue weighted by Gasteiger charge is 2.17. The predicted molar refractivity (Wildman–Crippen MR) is 62.9 cm³/mol. The average Bonchev–Trinajstić information content (AvgIpc) is 2.34. The highest BCUT2D eigenvalue weighted by molar-refractivity contribution is 5.90. The first kappa shape index (κ1) is 14.1. The molecule has 0 amide bonds. The maximum Gasteiger partial charge on any atom is 0.341 e. The van der Waals surface area contributed by atoms with Crippen LogP contribution in [0.5, 0.6) is 0 Å². The lowest BCUT2D eigenvalue weighted by molar-refractivity contribution is -0.384. The Morgan fingerprint density at radius 1 is 1.44 bits per heavy atom.